The number of nitrogens with zero attached hydrogens (tertiary/aromatic N) is 2. The van der Waals surface area contributed by atoms with Crippen LogP contribution in [0.3, 0.4) is 0 Å². The number of rotatable bonds is 5. The van der Waals surface area contributed by atoms with Gasteiger partial charge in [-0.2, -0.15) is 0 Å². The first-order valence-electron chi connectivity index (χ1n) is 8.14. The van der Waals surface area contributed by atoms with Crippen molar-refractivity contribution in [3.8, 4) is 0 Å². The lowest BCUT2D eigenvalue weighted by molar-refractivity contribution is -0.134. The number of carboxylic acids is 2. The van der Waals surface area contributed by atoms with E-state index in [4.69, 9.17) is 10.2 Å². The van der Waals surface area contributed by atoms with E-state index >= 15 is 0 Å². The van der Waals surface area contributed by atoms with E-state index in [-0.39, 0.29) is 11.9 Å². The molecule has 0 amide bonds. The van der Waals surface area contributed by atoms with Crippen molar-refractivity contribution in [2.75, 3.05) is 19.6 Å². The molecule has 0 saturated carbocycles. The minimum atomic E-state index is -1.26. The van der Waals surface area contributed by atoms with Gasteiger partial charge >= 0.3 is 11.9 Å². The summed E-state index contributed by atoms with van der Waals surface area (Å²) in [6.45, 7) is 3.44. The van der Waals surface area contributed by atoms with E-state index in [1.165, 1.54) is 6.07 Å². The Kier molecular flexibility index (Phi) is 6.88. The van der Waals surface area contributed by atoms with Gasteiger partial charge < -0.3 is 19.9 Å². The molecule has 0 bridgehead atoms. The molecule has 2 aromatic rings. The number of β-amino-alcohol motifs (C(OH)–C–C–N with tert-alkyl or cyclic N) is 1. The molecule has 8 heteroatoms. The number of carboxylic acid groups (broad SMARTS) is 2. The third-order valence-corrected chi connectivity index (χ3v) is 4.01. The quantitative estimate of drug-likeness (QED) is 0.696. The summed E-state index contributed by atoms with van der Waals surface area (Å²) < 4.78 is 15.3. The number of benzene rings is 1. The van der Waals surface area contributed by atoms with Crippen molar-refractivity contribution in [2.24, 2.45) is 0 Å². The molecule has 1 fully saturated rings. The molecule has 1 aliphatic rings. The topological polar surface area (TPSA) is 103 Å². The molecule has 1 aromatic heterocycles. The second kappa shape index (κ2) is 9.12. The number of carbonyl (C=O) groups is 2. The number of aliphatic carboxylic acids is 2. The van der Waals surface area contributed by atoms with Crippen molar-refractivity contribution in [2.45, 2.75) is 19.1 Å². The number of aromatic nitrogens is 1. The van der Waals surface area contributed by atoms with Gasteiger partial charge in [0.1, 0.15) is 5.82 Å². The molecule has 1 saturated heterocycles. The molecule has 1 unspecified atom stereocenters. The van der Waals surface area contributed by atoms with Gasteiger partial charge in [0.2, 0.25) is 0 Å². The molecular weight excluding hydrogens is 343 g/mol. The van der Waals surface area contributed by atoms with Crippen LogP contribution in [0, 0.1) is 5.82 Å². The van der Waals surface area contributed by atoms with Crippen molar-refractivity contribution >= 4 is 22.8 Å². The highest BCUT2D eigenvalue weighted by molar-refractivity contribution is 5.89. The number of aliphatic hydroxyl groups is 1. The monoisotopic (exact) mass is 364 g/mol. The smallest absolute Gasteiger partial charge is 0.328 e. The van der Waals surface area contributed by atoms with Gasteiger partial charge in [0.15, 0.2) is 0 Å². The van der Waals surface area contributed by atoms with Crippen molar-refractivity contribution in [3.63, 3.8) is 0 Å². The van der Waals surface area contributed by atoms with Crippen LogP contribution in [0.2, 0.25) is 0 Å². The van der Waals surface area contributed by atoms with Crippen LogP contribution in [0.5, 0.6) is 0 Å². The van der Waals surface area contributed by atoms with Gasteiger partial charge in [-0.3, -0.25) is 4.90 Å². The fourth-order valence-electron chi connectivity index (χ4n) is 2.76. The van der Waals surface area contributed by atoms with Crippen molar-refractivity contribution < 1.29 is 29.3 Å². The van der Waals surface area contributed by atoms with Crippen LogP contribution in [-0.2, 0) is 16.1 Å². The summed E-state index contributed by atoms with van der Waals surface area (Å²) in [5.74, 6) is -2.71. The predicted octanol–water partition coefficient (Wildman–Crippen LogP) is 1.56. The lowest BCUT2D eigenvalue weighted by Crippen LogP contribution is -2.26. The fraction of sp³-hybridized carbons (Fsp3) is 0.333. The molecule has 1 atom stereocenters. The molecule has 26 heavy (non-hydrogen) atoms. The Morgan fingerprint density at radius 3 is 2.42 bits per heavy atom. The second-order valence-corrected chi connectivity index (χ2v) is 5.97. The Labute approximate surface area is 149 Å². The van der Waals surface area contributed by atoms with Crippen molar-refractivity contribution in [1.82, 2.24) is 9.47 Å². The van der Waals surface area contributed by atoms with Crippen LogP contribution < -0.4 is 0 Å². The summed E-state index contributed by atoms with van der Waals surface area (Å²) in [6.07, 6.45) is 3.80. The zero-order valence-electron chi connectivity index (χ0n) is 14.1. The van der Waals surface area contributed by atoms with Gasteiger partial charge in [-0.05, 0) is 36.1 Å². The largest absolute Gasteiger partial charge is 0.478 e. The number of likely N-dealkylation sites (tertiary alicyclic amines) is 1. The first kappa shape index (κ1) is 19.6. The Hall–Kier alpha value is -2.71. The first-order chi connectivity index (χ1) is 12.3. The van der Waals surface area contributed by atoms with Crippen molar-refractivity contribution in [3.05, 3.63) is 48.4 Å². The Balaban J connectivity index is 0.000000260. The molecule has 1 aromatic carbocycles. The zero-order valence-corrected chi connectivity index (χ0v) is 14.1. The van der Waals surface area contributed by atoms with Crippen LogP contribution in [-0.4, -0.2) is 62.5 Å². The fourth-order valence-corrected chi connectivity index (χ4v) is 2.76. The summed E-state index contributed by atoms with van der Waals surface area (Å²) in [5.41, 5.74) is 0.940. The van der Waals surface area contributed by atoms with Gasteiger partial charge in [-0.1, -0.05) is 0 Å². The third kappa shape index (κ3) is 5.98. The van der Waals surface area contributed by atoms with Crippen LogP contribution in [0.1, 0.15) is 6.42 Å². The van der Waals surface area contributed by atoms with Gasteiger partial charge in [0.25, 0.3) is 0 Å². The average molecular weight is 364 g/mol. The van der Waals surface area contributed by atoms with Crippen LogP contribution in [0.15, 0.2) is 42.6 Å². The Bertz CT molecular complexity index is 786. The lowest BCUT2D eigenvalue weighted by atomic mass is 10.2. The van der Waals surface area contributed by atoms with E-state index in [1.54, 1.807) is 12.1 Å². The number of fused-ring (bicyclic) bond motifs is 1. The maximum Gasteiger partial charge on any atom is 0.328 e. The average Bonchev–Trinajstić information content (AvgIpc) is 3.17. The zero-order chi connectivity index (χ0) is 19.1. The SMILES string of the molecule is O=C(O)/C=C/C(=O)O.OC1CCN(CCn2ccc3ccc(F)cc32)C1. The molecule has 0 spiro atoms. The molecule has 0 radical (unpaired) electrons. The minimum Gasteiger partial charge on any atom is -0.478 e. The summed E-state index contributed by atoms with van der Waals surface area (Å²) >= 11 is 0. The van der Waals surface area contributed by atoms with E-state index in [2.05, 4.69) is 9.47 Å². The summed E-state index contributed by atoms with van der Waals surface area (Å²) in [4.78, 5) is 21.4. The van der Waals surface area contributed by atoms with Gasteiger partial charge in [0, 0.05) is 44.5 Å². The Morgan fingerprint density at radius 2 is 1.85 bits per heavy atom. The van der Waals surface area contributed by atoms with E-state index in [9.17, 15) is 19.1 Å². The summed E-state index contributed by atoms with van der Waals surface area (Å²) in [6, 6.07) is 6.88. The molecule has 7 nitrogen and oxygen atoms in total. The lowest BCUT2D eigenvalue weighted by Gasteiger charge is -2.15. The van der Waals surface area contributed by atoms with E-state index in [0.29, 0.717) is 12.2 Å². The number of hydrogen-bond acceptors (Lipinski definition) is 4. The number of halogens is 1. The van der Waals surface area contributed by atoms with Crippen LogP contribution in [0.4, 0.5) is 4.39 Å². The third-order valence-electron chi connectivity index (χ3n) is 4.01. The highest BCUT2D eigenvalue weighted by Crippen LogP contribution is 2.17. The van der Waals surface area contributed by atoms with Crippen molar-refractivity contribution in [1.29, 1.82) is 0 Å². The molecule has 3 N–H and O–H groups in total. The molecular formula is C18H21FN2O5. The van der Waals surface area contributed by atoms with Crippen LogP contribution >= 0.6 is 0 Å². The summed E-state index contributed by atoms with van der Waals surface area (Å²) in [5, 5.41) is 26.2. The highest BCUT2D eigenvalue weighted by atomic mass is 19.1. The highest BCUT2D eigenvalue weighted by Gasteiger charge is 2.19. The van der Waals surface area contributed by atoms with E-state index in [1.807, 2.05) is 12.3 Å². The standard InChI is InChI=1S/C14H17FN2O.C4H4O4/c15-12-2-1-11-3-6-17(14(11)9-12)8-7-16-5-4-13(18)10-16;5-3(6)1-2-4(7)8/h1-3,6,9,13,18H,4-5,7-8,10H2;1-2H,(H,5,6)(H,7,8)/b;2-1+. The van der Waals surface area contributed by atoms with Gasteiger partial charge in [-0.15, -0.1) is 0 Å². The minimum absolute atomic E-state index is 0.177. The summed E-state index contributed by atoms with van der Waals surface area (Å²) in [7, 11) is 0. The molecule has 1 aliphatic heterocycles. The second-order valence-electron chi connectivity index (χ2n) is 5.97. The molecule has 0 aliphatic carbocycles. The Morgan fingerprint density at radius 1 is 1.15 bits per heavy atom. The molecule has 140 valence electrons. The molecule has 2 heterocycles. The molecule has 3 rings (SSSR count). The van der Waals surface area contributed by atoms with Gasteiger partial charge in [-0.25, -0.2) is 14.0 Å². The van der Waals surface area contributed by atoms with E-state index < -0.39 is 11.9 Å². The number of hydrogen-bond donors (Lipinski definition) is 3. The maximum absolute atomic E-state index is 13.2. The first-order valence-corrected chi connectivity index (χ1v) is 8.14. The normalized spacial score (nSPS) is 17.4. The maximum atomic E-state index is 13.2. The predicted molar refractivity (Wildman–Crippen MR) is 93.4 cm³/mol. The number of aliphatic hydroxyl groups excluding tert-OH is 1. The van der Waals surface area contributed by atoms with Crippen LogP contribution in [0.25, 0.3) is 10.9 Å². The van der Waals surface area contributed by atoms with E-state index in [0.717, 1.165) is 43.5 Å². The van der Waals surface area contributed by atoms with Gasteiger partial charge in [0.05, 0.1) is 11.6 Å².